The van der Waals surface area contributed by atoms with E-state index >= 15 is 0 Å². The predicted octanol–water partition coefficient (Wildman–Crippen LogP) is 0.839. The molecule has 0 radical (unpaired) electrons. The summed E-state index contributed by atoms with van der Waals surface area (Å²) in [6, 6.07) is 0. The van der Waals surface area contributed by atoms with E-state index in [1.54, 1.807) is 0 Å². The maximum absolute atomic E-state index is 13.4. The number of piperidine rings is 1. The molecule has 0 aromatic heterocycles. The first kappa shape index (κ1) is 10.4. The number of hydrogen-bond acceptors (Lipinski definition) is 3. The molecule has 0 aliphatic carbocycles. The summed E-state index contributed by atoms with van der Waals surface area (Å²) in [5.74, 6) is -0.925. The molecule has 0 N–H and O–H groups in total. The van der Waals surface area contributed by atoms with Crippen LogP contribution in [0.2, 0.25) is 0 Å². The van der Waals surface area contributed by atoms with Gasteiger partial charge in [0.05, 0.1) is 7.11 Å². The van der Waals surface area contributed by atoms with Crippen molar-refractivity contribution in [2.75, 3.05) is 27.2 Å². The zero-order valence-corrected chi connectivity index (χ0v) is 8.12. The Hall–Kier alpha value is -0.640. The topological polar surface area (TPSA) is 29.5 Å². The molecule has 0 spiro atoms. The highest BCUT2D eigenvalue weighted by Gasteiger charge is 2.31. The van der Waals surface area contributed by atoms with Crippen LogP contribution in [-0.4, -0.2) is 44.3 Å². The molecule has 1 saturated heterocycles. The van der Waals surface area contributed by atoms with E-state index in [0.717, 1.165) is 19.4 Å². The molecule has 0 aromatic rings. The molecular formula is C9H16FNO2. The van der Waals surface area contributed by atoms with Gasteiger partial charge in [-0.25, -0.2) is 9.18 Å². The SMILES string of the molecule is COC(=O)C(F)C1CCCN(C)C1. The molecule has 1 aliphatic heterocycles. The lowest BCUT2D eigenvalue weighted by molar-refractivity contribution is -0.149. The van der Waals surface area contributed by atoms with Gasteiger partial charge in [0.15, 0.2) is 0 Å². The molecule has 0 bridgehead atoms. The number of hydrogen-bond donors (Lipinski definition) is 0. The third kappa shape index (κ3) is 2.66. The van der Waals surface area contributed by atoms with Gasteiger partial charge in [-0.15, -0.1) is 0 Å². The molecule has 2 unspecified atom stereocenters. The highest BCUT2D eigenvalue weighted by Crippen LogP contribution is 2.21. The summed E-state index contributed by atoms with van der Waals surface area (Å²) in [5, 5.41) is 0. The highest BCUT2D eigenvalue weighted by molar-refractivity contribution is 5.74. The zero-order chi connectivity index (χ0) is 9.84. The lowest BCUT2D eigenvalue weighted by Crippen LogP contribution is -2.39. The monoisotopic (exact) mass is 189 g/mol. The van der Waals surface area contributed by atoms with Gasteiger partial charge in [-0.2, -0.15) is 0 Å². The number of rotatable bonds is 2. The second kappa shape index (κ2) is 4.56. The zero-order valence-electron chi connectivity index (χ0n) is 8.12. The van der Waals surface area contributed by atoms with Gasteiger partial charge < -0.3 is 9.64 Å². The quantitative estimate of drug-likeness (QED) is 0.603. The van der Waals surface area contributed by atoms with Crippen LogP contribution in [0, 0.1) is 5.92 Å². The second-order valence-corrected chi connectivity index (χ2v) is 3.59. The van der Waals surface area contributed by atoms with Crippen molar-refractivity contribution in [2.24, 2.45) is 5.92 Å². The number of esters is 1. The fourth-order valence-corrected chi connectivity index (χ4v) is 1.75. The summed E-state index contributed by atoms with van der Waals surface area (Å²) in [5.41, 5.74) is 0. The molecule has 1 rings (SSSR count). The minimum Gasteiger partial charge on any atom is -0.467 e. The fraction of sp³-hybridized carbons (Fsp3) is 0.889. The summed E-state index contributed by atoms with van der Waals surface area (Å²) < 4.78 is 17.7. The van der Waals surface area contributed by atoms with Gasteiger partial charge in [-0.3, -0.25) is 0 Å². The molecule has 1 fully saturated rings. The lowest BCUT2D eigenvalue weighted by atomic mass is 9.94. The van der Waals surface area contributed by atoms with Crippen molar-refractivity contribution in [3.8, 4) is 0 Å². The number of halogens is 1. The van der Waals surface area contributed by atoms with E-state index in [1.165, 1.54) is 7.11 Å². The average molecular weight is 189 g/mol. The van der Waals surface area contributed by atoms with Gasteiger partial charge >= 0.3 is 5.97 Å². The molecule has 2 atom stereocenters. The Kier molecular flexibility index (Phi) is 3.66. The van der Waals surface area contributed by atoms with Gasteiger partial charge in [-0.1, -0.05) is 0 Å². The molecule has 0 saturated carbocycles. The molecular weight excluding hydrogens is 173 g/mol. The van der Waals surface area contributed by atoms with Crippen LogP contribution in [0.3, 0.4) is 0 Å². The Labute approximate surface area is 77.9 Å². The Balaban J connectivity index is 2.45. The van der Waals surface area contributed by atoms with Gasteiger partial charge in [-0.05, 0) is 26.4 Å². The Morgan fingerprint density at radius 3 is 2.92 bits per heavy atom. The second-order valence-electron chi connectivity index (χ2n) is 3.59. The number of likely N-dealkylation sites (tertiary alicyclic amines) is 1. The molecule has 3 nitrogen and oxygen atoms in total. The summed E-state index contributed by atoms with van der Waals surface area (Å²) in [7, 11) is 3.16. The van der Waals surface area contributed by atoms with Crippen LogP contribution >= 0.6 is 0 Å². The summed E-state index contributed by atoms with van der Waals surface area (Å²) in [6.45, 7) is 1.64. The largest absolute Gasteiger partial charge is 0.467 e. The van der Waals surface area contributed by atoms with Crippen molar-refractivity contribution >= 4 is 5.97 Å². The van der Waals surface area contributed by atoms with Gasteiger partial charge in [0.2, 0.25) is 6.17 Å². The number of ether oxygens (including phenoxy) is 1. The first-order chi connectivity index (χ1) is 6.15. The smallest absolute Gasteiger partial charge is 0.340 e. The van der Waals surface area contributed by atoms with Crippen LogP contribution < -0.4 is 0 Å². The van der Waals surface area contributed by atoms with Crippen molar-refractivity contribution in [3.05, 3.63) is 0 Å². The first-order valence-electron chi connectivity index (χ1n) is 4.55. The van der Waals surface area contributed by atoms with Crippen LogP contribution in [0.15, 0.2) is 0 Å². The molecule has 76 valence electrons. The highest BCUT2D eigenvalue weighted by atomic mass is 19.1. The third-order valence-corrected chi connectivity index (χ3v) is 2.50. The number of carbonyl (C=O) groups excluding carboxylic acids is 1. The minimum atomic E-state index is -1.45. The summed E-state index contributed by atoms with van der Waals surface area (Å²) >= 11 is 0. The van der Waals surface area contributed by atoms with Crippen molar-refractivity contribution in [1.82, 2.24) is 4.90 Å². The Morgan fingerprint density at radius 1 is 1.69 bits per heavy atom. The number of alkyl halides is 1. The van der Waals surface area contributed by atoms with Crippen LogP contribution in [0.4, 0.5) is 4.39 Å². The van der Waals surface area contributed by atoms with Crippen molar-refractivity contribution in [1.29, 1.82) is 0 Å². The van der Waals surface area contributed by atoms with E-state index in [2.05, 4.69) is 4.74 Å². The first-order valence-corrected chi connectivity index (χ1v) is 4.55. The fourth-order valence-electron chi connectivity index (χ4n) is 1.75. The van der Waals surface area contributed by atoms with Crippen LogP contribution in [0.5, 0.6) is 0 Å². The maximum atomic E-state index is 13.4. The van der Waals surface area contributed by atoms with E-state index in [1.807, 2.05) is 11.9 Å². The van der Waals surface area contributed by atoms with Crippen LogP contribution in [0.1, 0.15) is 12.8 Å². The van der Waals surface area contributed by atoms with E-state index < -0.39 is 12.1 Å². The summed E-state index contributed by atoms with van der Waals surface area (Å²) in [6.07, 6.45) is 0.284. The van der Waals surface area contributed by atoms with E-state index in [9.17, 15) is 9.18 Å². The molecule has 13 heavy (non-hydrogen) atoms. The number of nitrogens with zero attached hydrogens (tertiary/aromatic N) is 1. The van der Waals surface area contributed by atoms with Gasteiger partial charge in [0.25, 0.3) is 0 Å². The maximum Gasteiger partial charge on any atom is 0.340 e. The molecule has 1 heterocycles. The van der Waals surface area contributed by atoms with Crippen LogP contribution in [-0.2, 0) is 9.53 Å². The molecule has 1 aliphatic rings. The van der Waals surface area contributed by atoms with Crippen molar-refractivity contribution in [3.63, 3.8) is 0 Å². The molecule has 0 aromatic carbocycles. The van der Waals surface area contributed by atoms with E-state index in [4.69, 9.17) is 0 Å². The average Bonchev–Trinajstić information content (AvgIpc) is 2.15. The van der Waals surface area contributed by atoms with E-state index in [-0.39, 0.29) is 5.92 Å². The molecule has 0 amide bonds. The standard InChI is InChI=1S/C9H16FNO2/c1-11-5-3-4-7(6-11)8(10)9(12)13-2/h7-8H,3-6H2,1-2H3. The van der Waals surface area contributed by atoms with E-state index in [0.29, 0.717) is 6.54 Å². The Morgan fingerprint density at radius 2 is 2.38 bits per heavy atom. The number of carbonyl (C=O) groups is 1. The third-order valence-electron chi connectivity index (χ3n) is 2.50. The molecule has 4 heteroatoms. The normalized spacial score (nSPS) is 26.8. The van der Waals surface area contributed by atoms with Crippen molar-refractivity contribution in [2.45, 2.75) is 19.0 Å². The lowest BCUT2D eigenvalue weighted by Gasteiger charge is -2.30. The summed E-state index contributed by atoms with van der Waals surface area (Å²) in [4.78, 5) is 12.9. The van der Waals surface area contributed by atoms with Gasteiger partial charge in [0, 0.05) is 12.5 Å². The van der Waals surface area contributed by atoms with Gasteiger partial charge in [0.1, 0.15) is 0 Å². The van der Waals surface area contributed by atoms with Crippen molar-refractivity contribution < 1.29 is 13.9 Å². The van der Waals surface area contributed by atoms with Crippen LogP contribution in [0.25, 0.3) is 0 Å². The Bertz CT molecular complexity index is 186. The minimum absolute atomic E-state index is 0.189. The predicted molar refractivity (Wildman–Crippen MR) is 47.1 cm³/mol. The number of methoxy groups -OCH3 is 1.